The lowest BCUT2D eigenvalue weighted by atomic mass is 9.98. The molecule has 27 heavy (non-hydrogen) atoms. The molecule has 8 nitrogen and oxygen atoms in total. The molecule has 0 amide bonds. The number of nitrogens with one attached hydrogen (secondary N) is 1. The fourth-order valence-corrected chi connectivity index (χ4v) is 3.76. The predicted molar refractivity (Wildman–Crippen MR) is 96.0 cm³/mol. The van der Waals surface area contributed by atoms with Gasteiger partial charge in [0.25, 0.3) is 0 Å². The highest BCUT2D eigenvalue weighted by molar-refractivity contribution is 5.90. The molecule has 0 saturated carbocycles. The van der Waals surface area contributed by atoms with Crippen molar-refractivity contribution in [2.45, 2.75) is 32.4 Å². The van der Waals surface area contributed by atoms with Crippen LogP contribution in [0.15, 0.2) is 30.5 Å². The molecule has 2 heterocycles. The van der Waals surface area contributed by atoms with Crippen LogP contribution in [0.5, 0.6) is 0 Å². The molecule has 0 unspecified atom stereocenters. The number of nitrogens with zero attached hydrogens (tertiary/aromatic N) is 3. The number of hydrogen-bond acceptors (Lipinski definition) is 5. The summed E-state index contributed by atoms with van der Waals surface area (Å²) in [5.74, 6) is -1.99. The van der Waals surface area contributed by atoms with Crippen LogP contribution < -0.4 is 5.32 Å². The van der Waals surface area contributed by atoms with Crippen LogP contribution >= 0.6 is 0 Å². The second-order valence-electron chi connectivity index (χ2n) is 6.62. The molecule has 0 saturated heterocycles. The van der Waals surface area contributed by atoms with Crippen molar-refractivity contribution in [2.75, 3.05) is 0 Å². The fourth-order valence-electron chi connectivity index (χ4n) is 3.76. The highest BCUT2D eigenvalue weighted by Crippen LogP contribution is 2.34. The van der Waals surface area contributed by atoms with Gasteiger partial charge in [-0.3, -0.25) is 0 Å². The Morgan fingerprint density at radius 2 is 2.07 bits per heavy atom. The smallest absolute Gasteiger partial charge is 0.354 e. The summed E-state index contributed by atoms with van der Waals surface area (Å²) in [7, 11) is 0. The second kappa shape index (κ2) is 6.48. The normalized spacial score (nSPS) is 15.8. The maximum atomic E-state index is 11.3. The summed E-state index contributed by atoms with van der Waals surface area (Å²) >= 11 is 0. The minimum absolute atomic E-state index is 0.0198. The molecular weight excluding hydrogens is 348 g/mol. The molecule has 0 spiro atoms. The number of carboxylic acids is 2. The van der Waals surface area contributed by atoms with Crippen LogP contribution in [-0.4, -0.2) is 36.7 Å². The van der Waals surface area contributed by atoms with Crippen LogP contribution in [0.4, 0.5) is 0 Å². The van der Waals surface area contributed by atoms with Crippen molar-refractivity contribution in [3.8, 4) is 0 Å². The number of aromatic carboxylic acids is 2. The Morgan fingerprint density at radius 3 is 2.81 bits per heavy atom. The molecule has 1 aliphatic carbocycles. The van der Waals surface area contributed by atoms with Crippen molar-refractivity contribution in [1.29, 1.82) is 0 Å². The van der Waals surface area contributed by atoms with E-state index in [0.717, 1.165) is 29.5 Å². The molecule has 4 rings (SSSR count). The van der Waals surface area contributed by atoms with Gasteiger partial charge in [0.15, 0.2) is 11.3 Å². The molecule has 3 N–H and O–H groups in total. The maximum Gasteiger partial charge on any atom is 0.354 e. The first-order valence-corrected chi connectivity index (χ1v) is 8.61. The van der Waals surface area contributed by atoms with Gasteiger partial charge in [-0.25, -0.2) is 19.1 Å². The zero-order valence-electron chi connectivity index (χ0n) is 14.6. The number of rotatable bonds is 5. The molecule has 0 bridgehead atoms. The molecule has 1 atom stereocenters. The van der Waals surface area contributed by atoms with Crippen LogP contribution in [0.2, 0.25) is 0 Å². The number of aromatic nitrogens is 3. The first kappa shape index (κ1) is 17.2. The van der Waals surface area contributed by atoms with Crippen LogP contribution in [-0.2, 0) is 13.0 Å². The van der Waals surface area contributed by atoms with Crippen molar-refractivity contribution in [2.24, 2.45) is 0 Å². The van der Waals surface area contributed by atoms with Gasteiger partial charge in [0.1, 0.15) is 0 Å². The van der Waals surface area contributed by atoms with E-state index in [1.54, 1.807) is 22.8 Å². The van der Waals surface area contributed by atoms with Gasteiger partial charge >= 0.3 is 11.9 Å². The van der Waals surface area contributed by atoms with E-state index in [-0.39, 0.29) is 11.7 Å². The zero-order valence-corrected chi connectivity index (χ0v) is 14.6. The van der Waals surface area contributed by atoms with Gasteiger partial charge in [-0.05, 0) is 48.6 Å². The highest BCUT2D eigenvalue weighted by atomic mass is 16.4. The third-order valence-electron chi connectivity index (χ3n) is 5.11. The Labute approximate surface area is 154 Å². The van der Waals surface area contributed by atoms with E-state index in [1.807, 2.05) is 13.0 Å². The molecule has 3 aromatic rings. The standard InChI is InChI=1S/C19H18N4O4/c1-10-12-4-5-15(14(12)3-2-13(10)18(24)25)20-9-11-8-16(19(26)27)22-17-6-7-21-23(11)17/h2-3,6-8,15,20H,4-5,9H2,1H3,(H,24,25)(H,26,27)/t15-/m0/s1. The summed E-state index contributed by atoms with van der Waals surface area (Å²) in [6, 6.07) is 6.78. The van der Waals surface area contributed by atoms with Crippen LogP contribution in [0.3, 0.4) is 0 Å². The number of carbonyl (C=O) groups is 2. The molecule has 0 aliphatic heterocycles. The third-order valence-corrected chi connectivity index (χ3v) is 5.11. The van der Waals surface area contributed by atoms with Crippen molar-refractivity contribution in [3.05, 3.63) is 64.1 Å². The topological polar surface area (TPSA) is 117 Å². The van der Waals surface area contributed by atoms with E-state index in [9.17, 15) is 19.8 Å². The maximum absolute atomic E-state index is 11.3. The fraction of sp³-hybridized carbons (Fsp3) is 0.263. The van der Waals surface area contributed by atoms with Gasteiger partial charge in [-0.15, -0.1) is 0 Å². The molecular formula is C19H18N4O4. The van der Waals surface area contributed by atoms with E-state index in [2.05, 4.69) is 15.4 Å². The first-order chi connectivity index (χ1) is 13.0. The van der Waals surface area contributed by atoms with Crippen molar-refractivity contribution in [3.63, 3.8) is 0 Å². The Balaban J connectivity index is 1.61. The summed E-state index contributed by atoms with van der Waals surface area (Å²) in [5, 5.41) is 26.2. The van der Waals surface area contributed by atoms with Crippen molar-refractivity contribution in [1.82, 2.24) is 19.9 Å². The van der Waals surface area contributed by atoms with Gasteiger partial charge in [0.05, 0.1) is 17.5 Å². The van der Waals surface area contributed by atoms with Gasteiger partial charge < -0.3 is 15.5 Å². The van der Waals surface area contributed by atoms with Gasteiger partial charge in [-0.2, -0.15) is 5.10 Å². The average molecular weight is 366 g/mol. The molecule has 1 aliphatic rings. The van der Waals surface area contributed by atoms with E-state index in [1.165, 1.54) is 6.07 Å². The lowest BCUT2D eigenvalue weighted by Crippen LogP contribution is -2.21. The summed E-state index contributed by atoms with van der Waals surface area (Å²) < 4.78 is 1.62. The lowest BCUT2D eigenvalue weighted by molar-refractivity contribution is 0.0682. The van der Waals surface area contributed by atoms with Crippen LogP contribution in [0.1, 0.15) is 55.7 Å². The van der Waals surface area contributed by atoms with Gasteiger partial charge in [0, 0.05) is 18.7 Å². The number of carboxylic acid groups (broad SMARTS) is 2. The van der Waals surface area contributed by atoms with Crippen molar-refractivity contribution < 1.29 is 19.8 Å². The molecule has 1 aromatic carbocycles. The lowest BCUT2D eigenvalue weighted by Gasteiger charge is -2.16. The van der Waals surface area contributed by atoms with Crippen LogP contribution in [0, 0.1) is 6.92 Å². The summed E-state index contributed by atoms with van der Waals surface area (Å²) in [4.78, 5) is 26.7. The summed E-state index contributed by atoms with van der Waals surface area (Å²) in [5.41, 5.74) is 4.51. The van der Waals surface area contributed by atoms with E-state index < -0.39 is 11.9 Å². The molecule has 2 aromatic heterocycles. The number of benzene rings is 1. The minimum Gasteiger partial charge on any atom is -0.478 e. The number of fused-ring (bicyclic) bond motifs is 2. The Hall–Kier alpha value is -3.26. The average Bonchev–Trinajstić information content (AvgIpc) is 3.26. The minimum atomic E-state index is -1.08. The third kappa shape index (κ3) is 2.93. The highest BCUT2D eigenvalue weighted by Gasteiger charge is 2.26. The van der Waals surface area contributed by atoms with Gasteiger partial charge in [0.2, 0.25) is 0 Å². The quantitative estimate of drug-likeness (QED) is 0.634. The largest absolute Gasteiger partial charge is 0.478 e. The van der Waals surface area contributed by atoms with Crippen molar-refractivity contribution >= 4 is 17.6 Å². The Kier molecular flexibility index (Phi) is 4.12. The van der Waals surface area contributed by atoms with Crippen LogP contribution in [0.25, 0.3) is 5.65 Å². The Bertz CT molecular complexity index is 1070. The number of hydrogen-bond donors (Lipinski definition) is 3. The van der Waals surface area contributed by atoms with E-state index >= 15 is 0 Å². The molecule has 0 fully saturated rings. The SMILES string of the molecule is Cc1c(C(=O)O)ccc2c1CC[C@@H]2NCc1cc(C(=O)O)nc2ccnn12. The molecule has 0 radical (unpaired) electrons. The van der Waals surface area contributed by atoms with E-state index in [0.29, 0.717) is 23.4 Å². The first-order valence-electron chi connectivity index (χ1n) is 8.61. The Morgan fingerprint density at radius 1 is 1.26 bits per heavy atom. The monoisotopic (exact) mass is 366 g/mol. The molecule has 8 heteroatoms. The summed E-state index contributed by atoms with van der Waals surface area (Å²) in [6.07, 6.45) is 3.26. The summed E-state index contributed by atoms with van der Waals surface area (Å²) in [6.45, 7) is 2.27. The van der Waals surface area contributed by atoms with Gasteiger partial charge in [-0.1, -0.05) is 6.07 Å². The second-order valence-corrected chi connectivity index (χ2v) is 6.62. The molecule has 138 valence electrons. The predicted octanol–water partition coefficient (Wildman–Crippen LogP) is 2.21. The zero-order chi connectivity index (χ0) is 19.1. The van der Waals surface area contributed by atoms with E-state index in [4.69, 9.17) is 0 Å².